The number of likely N-dealkylation sites (tertiary alicyclic amines) is 1. The zero-order chi connectivity index (χ0) is 14.7. The molecule has 0 radical (unpaired) electrons. The van der Waals surface area contributed by atoms with Crippen molar-refractivity contribution in [2.45, 2.75) is 37.9 Å². The maximum absolute atomic E-state index is 12.4. The number of ether oxygens (including phenoxy) is 2. The normalized spacial score (nSPS) is 24.4. The van der Waals surface area contributed by atoms with E-state index in [1.807, 2.05) is 11.8 Å². The Morgan fingerprint density at radius 3 is 2.95 bits per heavy atom. The fourth-order valence-corrected chi connectivity index (χ4v) is 3.21. The molecule has 2 fully saturated rings. The molecule has 2 aliphatic heterocycles. The van der Waals surface area contributed by atoms with Gasteiger partial charge in [-0.1, -0.05) is 0 Å². The number of rotatable bonds is 3. The summed E-state index contributed by atoms with van der Waals surface area (Å²) in [4.78, 5) is 14.2. The molecule has 6 heteroatoms. The highest BCUT2D eigenvalue weighted by atomic mass is 16.6. The quantitative estimate of drug-likeness (QED) is 0.839. The molecule has 6 nitrogen and oxygen atoms in total. The third-order valence-corrected chi connectivity index (χ3v) is 4.37. The van der Waals surface area contributed by atoms with Crippen molar-refractivity contribution in [2.24, 2.45) is 0 Å². The van der Waals surface area contributed by atoms with E-state index in [0.717, 1.165) is 39.0 Å². The van der Waals surface area contributed by atoms with E-state index in [1.54, 1.807) is 12.3 Å². The van der Waals surface area contributed by atoms with Crippen molar-refractivity contribution in [3.05, 3.63) is 24.0 Å². The van der Waals surface area contributed by atoms with Gasteiger partial charge in [0.2, 0.25) is 0 Å². The number of piperidine rings is 1. The van der Waals surface area contributed by atoms with Crippen LogP contribution in [0.3, 0.4) is 0 Å². The van der Waals surface area contributed by atoms with E-state index in [0.29, 0.717) is 12.2 Å². The van der Waals surface area contributed by atoms with Crippen molar-refractivity contribution < 1.29 is 14.3 Å². The number of nitrogens with zero attached hydrogens (tertiary/aromatic N) is 3. The van der Waals surface area contributed by atoms with Gasteiger partial charge in [0.05, 0.1) is 36.3 Å². The SMILES string of the molecule is CCO[C@H]1COC2(CCN(C(=O)c3ccnnc3)CC2)C1. The first-order chi connectivity index (χ1) is 10.2. The van der Waals surface area contributed by atoms with E-state index >= 15 is 0 Å². The van der Waals surface area contributed by atoms with E-state index in [1.165, 1.54) is 6.20 Å². The maximum atomic E-state index is 12.4. The van der Waals surface area contributed by atoms with Gasteiger partial charge in [-0.2, -0.15) is 10.2 Å². The van der Waals surface area contributed by atoms with Gasteiger partial charge in [0.25, 0.3) is 5.91 Å². The highest BCUT2D eigenvalue weighted by Crippen LogP contribution is 2.37. The molecule has 0 bridgehead atoms. The first-order valence-corrected chi connectivity index (χ1v) is 7.54. The van der Waals surface area contributed by atoms with E-state index in [-0.39, 0.29) is 17.6 Å². The second-order valence-electron chi connectivity index (χ2n) is 5.70. The summed E-state index contributed by atoms with van der Waals surface area (Å²) in [6.07, 6.45) is 5.97. The van der Waals surface area contributed by atoms with Crippen LogP contribution < -0.4 is 0 Å². The van der Waals surface area contributed by atoms with Crippen molar-refractivity contribution in [3.63, 3.8) is 0 Å². The summed E-state index contributed by atoms with van der Waals surface area (Å²) >= 11 is 0. The highest BCUT2D eigenvalue weighted by molar-refractivity contribution is 5.93. The van der Waals surface area contributed by atoms with Crippen molar-refractivity contribution in [3.8, 4) is 0 Å². The third kappa shape index (κ3) is 3.06. The van der Waals surface area contributed by atoms with Crippen LogP contribution in [-0.4, -0.2) is 59.0 Å². The summed E-state index contributed by atoms with van der Waals surface area (Å²) in [5.74, 6) is 0.0269. The molecule has 2 aliphatic rings. The lowest BCUT2D eigenvalue weighted by Gasteiger charge is -2.38. The minimum Gasteiger partial charge on any atom is -0.376 e. The van der Waals surface area contributed by atoms with Crippen molar-refractivity contribution in [1.29, 1.82) is 0 Å². The largest absolute Gasteiger partial charge is 0.376 e. The molecular weight excluding hydrogens is 270 g/mol. The zero-order valence-electron chi connectivity index (χ0n) is 12.3. The summed E-state index contributed by atoms with van der Waals surface area (Å²) < 4.78 is 11.6. The molecule has 0 N–H and O–H groups in total. The topological polar surface area (TPSA) is 64.6 Å². The molecular formula is C15H21N3O3. The first-order valence-electron chi connectivity index (χ1n) is 7.54. The van der Waals surface area contributed by atoms with Crippen LogP contribution in [0.4, 0.5) is 0 Å². The number of carbonyl (C=O) groups is 1. The lowest BCUT2D eigenvalue weighted by Crippen LogP contribution is -2.46. The van der Waals surface area contributed by atoms with E-state index in [9.17, 15) is 4.79 Å². The lowest BCUT2D eigenvalue weighted by atomic mass is 9.88. The zero-order valence-corrected chi connectivity index (χ0v) is 12.3. The maximum Gasteiger partial charge on any atom is 0.255 e. The van der Waals surface area contributed by atoms with Crippen LogP contribution in [-0.2, 0) is 9.47 Å². The van der Waals surface area contributed by atoms with Gasteiger partial charge in [-0.3, -0.25) is 4.79 Å². The van der Waals surface area contributed by atoms with Crippen molar-refractivity contribution >= 4 is 5.91 Å². The van der Waals surface area contributed by atoms with Gasteiger partial charge < -0.3 is 14.4 Å². The van der Waals surface area contributed by atoms with Crippen LogP contribution in [0.15, 0.2) is 18.5 Å². The monoisotopic (exact) mass is 291 g/mol. The van der Waals surface area contributed by atoms with Crippen LogP contribution >= 0.6 is 0 Å². The minimum absolute atomic E-state index is 0.0269. The molecule has 21 heavy (non-hydrogen) atoms. The van der Waals surface area contributed by atoms with Gasteiger partial charge in [0, 0.05) is 26.1 Å². The van der Waals surface area contributed by atoms with Gasteiger partial charge in [-0.25, -0.2) is 0 Å². The predicted molar refractivity (Wildman–Crippen MR) is 75.9 cm³/mol. The molecule has 1 atom stereocenters. The Balaban J connectivity index is 1.57. The Kier molecular flexibility index (Phi) is 4.17. The Morgan fingerprint density at radius 2 is 2.29 bits per heavy atom. The highest BCUT2D eigenvalue weighted by Gasteiger charge is 2.43. The van der Waals surface area contributed by atoms with Gasteiger partial charge in [0.15, 0.2) is 0 Å². The van der Waals surface area contributed by atoms with Crippen molar-refractivity contribution in [2.75, 3.05) is 26.3 Å². The van der Waals surface area contributed by atoms with Crippen LogP contribution in [0.1, 0.15) is 36.5 Å². The van der Waals surface area contributed by atoms with E-state index < -0.39 is 0 Å². The average molecular weight is 291 g/mol. The molecule has 1 spiro atoms. The standard InChI is InChI=1S/C15H21N3O3/c1-2-20-13-9-15(21-11-13)4-7-18(8-5-15)14(19)12-3-6-16-17-10-12/h3,6,10,13H,2,4-5,7-9,11H2,1H3/t13-/m1/s1. The Morgan fingerprint density at radius 1 is 1.48 bits per heavy atom. The Hall–Kier alpha value is -1.53. The molecule has 0 aliphatic carbocycles. The van der Waals surface area contributed by atoms with Crippen LogP contribution in [0.2, 0.25) is 0 Å². The molecule has 1 aromatic rings. The van der Waals surface area contributed by atoms with Gasteiger partial charge in [-0.05, 0) is 25.8 Å². The molecule has 0 aromatic carbocycles. The van der Waals surface area contributed by atoms with Crippen LogP contribution in [0, 0.1) is 0 Å². The summed E-state index contributed by atoms with van der Waals surface area (Å²) in [7, 11) is 0. The molecule has 2 saturated heterocycles. The second kappa shape index (κ2) is 6.07. The molecule has 0 saturated carbocycles. The fourth-order valence-electron chi connectivity index (χ4n) is 3.21. The summed E-state index contributed by atoms with van der Waals surface area (Å²) in [5, 5.41) is 7.47. The van der Waals surface area contributed by atoms with E-state index in [2.05, 4.69) is 10.2 Å². The van der Waals surface area contributed by atoms with Gasteiger partial charge >= 0.3 is 0 Å². The third-order valence-electron chi connectivity index (χ3n) is 4.37. The molecule has 3 rings (SSSR count). The number of aromatic nitrogens is 2. The number of hydrogen-bond donors (Lipinski definition) is 0. The molecule has 3 heterocycles. The number of carbonyl (C=O) groups excluding carboxylic acids is 1. The van der Waals surface area contributed by atoms with Gasteiger partial charge in [-0.15, -0.1) is 0 Å². The molecule has 0 unspecified atom stereocenters. The van der Waals surface area contributed by atoms with Crippen molar-refractivity contribution in [1.82, 2.24) is 15.1 Å². The summed E-state index contributed by atoms with van der Waals surface area (Å²) in [5.41, 5.74) is 0.508. The Labute approximate surface area is 124 Å². The number of amides is 1. The first kappa shape index (κ1) is 14.4. The van der Waals surface area contributed by atoms with Gasteiger partial charge in [0.1, 0.15) is 0 Å². The fraction of sp³-hybridized carbons (Fsp3) is 0.667. The van der Waals surface area contributed by atoms with E-state index in [4.69, 9.17) is 9.47 Å². The summed E-state index contributed by atoms with van der Waals surface area (Å²) in [6, 6.07) is 1.71. The van der Waals surface area contributed by atoms with Crippen LogP contribution in [0.5, 0.6) is 0 Å². The second-order valence-corrected chi connectivity index (χ2v) is 5.70. The number of hydrogen-bond acceptors (Lipinski definition) is 5. The smallest absolute Gasteiger partial charge is 0.255 e. The minimum atomic E-state index is -0.0902. The predicted octanol–water partition coefficient (Wildman–Crippen LogP) is 1.28. The molecule has 1 amide bonds. The molecule has 114 valence electrons. The molecule has 1 aromatic heterocycles. The average Bonchev–Trinajstić information content (AvgIpc) is 2.91. The van der Waals surface area contributed by atoms with Crippen LogP contribution in [0.25, 0.3) is 0 Å². The Bertz CT molecular complexity index is 486. The lowest BCUT2D eigenvalue weighted by molar-refractivity contribution is -0.0407. The summed E-state index contributed by atoms with van der Waals surface area (Å²) in [6.45, 7) is 4.86.